The highest BCUT2D eigenvalue weighted by molar-refractivity contribution is 6.95. The molecule has 0 fully saturated rings. The molecule has 32 heavy (non-hydrogen) atoms. The Bertz CT molecular complexity index is 1010. The van der Waals surface area contributed by atoms with E-state index in [2.05, 4.69) is 119 Å². The molecule has 2 aliphatic rings. The minimum Gasteiger partial charge on any atom is -0.103 e. The summed E-state index contributed by atoms with van der Waals surface area (Å²) in [5, 5.41) is 3.25. The maximum Gasteiger partial charge on any atom is 0.0847 e. The number of fused-ring (bicyclic) bond motifs is 2. The third kappa shape index (κ3) is 3.88. The van der Waals surface area contributed by atoms with Crippen LogP contribution in [-0.4, -0.2) is 16.1 Å². The predicted molar refractivity (Wildman–Crippen MR) is 148 cm³/mol. The number of benzene rings is 2. The third-order valence-corrected chi connectivity index (χ3v) is 14.2. The Morgan fingerprint density at radius 1 is 0.719 bits per heavy atom. The van der Waals surface area contributed by atoms with Crippen molar-refractivity contribution in [3.05, 3.63) is 108 Å². The molecule has 0 saturated carbocycles. The summed E-state index contributed by atoms with van der Waals surface area (Å²) in [4.78, 5) is 0. The molecule has 166 valence electrons. The van der Waals surface area contributed by atoms with Gasteiger partial charge in [0.25, 0.3) is 0 Å². The Kier molecular flexibility index (Phi) is 6.22. The zero-order valence-corrected chi connectivity index (χ0v) is 22.5. The fourth-order valence-corrected chi connectivity index (χ4v) is 11.1. The van der Waals surface area contributed by atoms with Gasteiger partial charge in [-0.05, 0) is 40.3 Å². The van der Waals surface area contributed by atoms with Gasteiger partial charge < -0.3 is 0 Å². The van der Waals surface area contributed by atoms with Crippen LogP contribution in [0.4, 0.5) is 0 Å². The van der Waals surface area contributed by atoms with Crippen LogP contribution in [0.2, 0.25) is 38.3 Å². The lowest BCUT2D eigenvalue weighted by molar-refractivity contribution is 0.482. The minimum absolute atomic E-state index is 0.468. The number of allylic oxidation sites excluding steroid dienone is 4. The van der Waals surface area contributed by atoms with Crippen molar-refractivity contribution in [3.8, 4) is 0 Å². The molecule has 0 radical (unpaired) electrons. The number of rotatable bonds is 8. The van der Waals surface area contributed by atoms with Crippen molar-refractivity contribution >= 4 is 26.5 Å². The SMILES string of the molecule is C=CC[Si](C)(C)C1=CC(C(C)C2C=C([Si](C)(C)CC=C)c3ccccc32)c2ccccc21. The van der Waals surface area contributed by atoms with Crippen LogP contribution in [0.1, 0.15) is 41.0 Å². The zero-order valence-electron chi connectivity index (χ0n) is 20.5. The molecule has 0 saturated heterocycles. The molecular weight excluding hydrogens is 417 g/mol. The van der Waals surface area contributed by atoms with Crippen LogP contribution in [0.25, 0.3) is 10.4 Å². The predicted octanol–water partition coefficient (Wildman–Crippen LogP) is 8.85. The van der Waals surface area contributed by atoms with Gasteiger partial charge in [0.05, 0.1) is 16.1 Å². The van der Waals surface area contributed by atoms with Gasteiger partial charge in [-0.1, -0.05) is 116 Å². The van der Waals surface area contributed by atoms with Gasteiger partial charge in [-0.3, -0.25) is 0 Å². The maximum atomic E-state index is 4.06. The lowest BCUT2D eigenvalue weighted by Crippen LogP contribution is -2.26. The molecule has 4 rings (SSSR count). The highest BCUT2D eigenvalue weighted by Crippen LogP contribution is 2.52. The van der Waals surface area contributed by atoms with Gasteiger partial charge in [-0.25, -0.2) is 0 Å². The van der Waals surface area contributed by atoms with Crippen molar-refractivity contribution in [1.29, 1.82) is 0 Å². The first-order valence-corrected chi connectivity index (χ1v) is 18.5. The first-order chi connectivity index (χ1) is 15.2. The minimum atomic E-state index is -1.55. The van der Waals surface area contributed by atoms with Crippen molar-refractivity contribution in [1.82, 2.24) is 0 Å². The van der Waals surface area contributed by atoms with Gasteiger partial charge in [-0.2, -0.15) is 0 Å². The summed E-state index contributed by atoms with van der Waals surface area (Å²) in [5.74, 6) is 1.46. The number of hydrogen-bond acceptors (Lipinski definition) is 0. The monoisotopic (exact) mass is 454 g/mol. The van der Waals surface area contributed by atoms with E-state index in [1.54, 1.807) is 10.4 Å². The van der Waals surface area contributed by atoms with E-state index >= 15 is 0 Å². The average Bonchev–Trinajstić information content (AvgIpc) is 3.34. The van der Waals surface area contributed by atoms with Gasteiger partial charge in [0.15, 0.2) is 0 Å². The summed E-state index contributed by atoms with van der Waals surface area (Å²) >= 11 is 0. The van der Waals surface area contributed by atoms with E-state index in [0.717, 1.165) is 12.1 Å². The molecule has 0 bridgehead atoms. The highest BCUT2D eigenvalue weighted by atomic mass is 28.3. The Hall–Kier alpha value is -2.17. The van der Waals surface area contributed by atoms with Crippen molar-refractivity contribution < 1.29 is 0 Å². The molecular formula is C30H38Si2. The van der Waals surface area contributed by atoms with Crippen molar-refractivity contribution in [2.75, 3.05) is 0 Å². The molecule has 2 aliphatic carbocycles. The van der Waals surface area contributed by atoms with Gasteiger partial charge in [0.1, 0.15) is 0 Å². The molecule has 0 N–H and O–H groups in total. The van der Waals surface area contributed by atoms with Gasteiger partial charge in [0.2, 0.25) is 0 Å². The van der Waals surface area contributed by atoms with Crippen molar-refractivity contribution in [3.63, 3.8) is 0 Å². The number of hydrogen-bond donors (Lipinski definition) is 0. The molecule has 0 nitrogen and oxygen atoms in total. The fraction of sp³-hybridized carbons (Fsp3) is 0.333. The molecule has 2 heteroatoms. The highest BCUT2D eigenvalue weighted by Gasteiger charge is 2.40. The summed E-state index contributed by atoms with van der Waals surface area (Å²) in [7, 11) is -3.10. The lowest BCUT2D eigenvalue weighted by Gasteiger charge is -2.26. The van der Waals surface area contributed by atoms with E-state index in [0.29, 0.717) is 17.8 Å². The molecule has 2 aromatic carbocycles. The summed E-state index contributed by atoms with van der Waals surface area (Å²) in [5.41, 5.74) is 6.06. The van der Waals surface area contributed by atoms with Crippen LogP contribution < -0.4 is 0 Å². The Labute approximate surface area is 197 Å². The van der Waals surface area contributed by atoms with Crippen LogP contribution in [0.3, 0.4) is 0 Å². The zero-order chi connectivity index (χ0) is 23.1. The van der Waals surface area contributed by atoms with Gasteiger partial charge in [0, 0.05) is 11.8 Å². The Morgan fingerprint density at radius 3 is 1.47 bits per heavy atom. The largest absolute Gasteiger partial charge is 0.103 e. The standard InChI is InChI=1S/C30H38Si2/c1-8-18-31(4,5)29-20-27(23-14-10-12-16-25(23)29)22(3)28-21-30(32(6,7)19-9-2)26-17-13-11-15-24(26)28/h8-17,20-22,27-28H,1-2,18-19H2,3-7H3. The second kappa shape index (κ2) is 8.64. The maximum absolute atomic E-state index is 4.06. The van der Waals surface area contributed by atoms with Crippen LogP contribution >= 0.6 is 0 Å². The molecule has 0 aliphatic heterocycles. The molecule has 2 unspecified atom stereocenters. The summed E-state index contributed by atoms with van der Waals surface area (Å²) in [6.07, 6.45) is 9.54. The first-order valence-electron chi connectivity index (χ1n) is 12.1. The van der Waals surface area contributed by atoms with Crippen LogP contribution in [0, 0.1) is 5.92 Å². The van der Waals surface area contributed by atoms with Crippen LogP contribution in [0.5, 0.6) is 0 Å². The molecule has 2 atom stereocenters. The van der Waals surface area contributed by atoms with Crippen LogP contribution in [0.15, 0.2) is 86.0 Å². The van der Waals surface area contributed by atoms with E-state index in [1.807, 2.05) is 0 Å². The Balaban J connectivity index is 1.78. The molecule has 0 spiro atoms. The molecule has 0 heterocycles. The fourth-order valence-electron chi connectivity index (χ4n) is 6.00. The average molecular weight is 455 g/mol. The second-order valence-corrected chi connectivity index (χ2v) is 20.4. The van der Waals surface area contributed by atoms with E-state index in [-0.39, 0.29) is 0 Å². The topological polar surface area (TPSA) is 0 Å². The molecule has 0 aromatic heterocycles. The molecule has 0 amide bonds. The normalized spacial score (nSPS) is 20.8. The van der Waals surface area contributed by atoms with Crippen molar-refractivity contribution in [2.45, 2.75) is 57.0 Å². The smallest absolute Gasteiger partial charge is 0.0847 e. The van der Waals surface area contributed by atoms with Crippen LogP contribution in [-0.2, 0) is 0 Å². The van der Waals surface area contributed by atoms with Gasteiger partial charge in [-0.15, -0.1) is 13.2 Å². The summed E-state index contributed by atoms with van der Waals surface area (Å²) < 4.78 is 0. The first kappa shape index (κ1) is 23.0. The third-order valence-electron chi connectivity index (χ3n) is 7.81. The Morgan fingerprint density at radius 2 is 1.09 bits per heavy atom. The lowest BCUT2D eigenvalue weighted by atomic mass is 9.78. The summed E-state index contributed by atoms with van der Waals surface area (Å²) in [6, 6.07) is 20.6. The van der Waals surface area contributed by atoms with E-state index in [4.69, 9.17) is 0 Å². The van der Waals surface area contributed by atoms with E-state index in [9.17, 15) is 0 Å². The summed E-state index contributed by atoms with van der Waals surface area (Å²) in [6.45, 7) is 20.6. The quantitative estimate of drug-likeness (QED) is 0.276. The molecule has 2 aromatic rings. The second-order valence-electron chi connectivity index (χ2n) is 11.0. The van der Waals surface area contributed by atoms with E-state index < -0.39 is 16.1 Å². The van der Waals surface area contributed by atoms with E-state index in [1.165, 1.54) is 22.3 Å². The van der Waals surface area contributed by atoms with Gasteiger partial charge >= 0.3 is 0 Å². The van der Waals surface area contributed by atoms with Crippen molar-refractivity contribution in [2.24, 2.45) is 5.92 Å².